The van der Waals surface area contributed by atoms with Gasteiger partial charge in [-0.05, 0) is 42.4 Å². The Balaban J connectivity index is 4.66. The van der Waals surface area contributed by atoms with Gasteiger partial charge in [0.2, 0.25) is 0 Å². The highest BCUT2D eigenvalue weighted by Gasteiger charge is 2.33. The molecular weight excluding hydrogens is 228 g/mol. The summed E-state index contributed by atoms with van der Waals surface area (Å²) in [4.78, 5) is 0. The van der Waals surface area contributed by atoms with E-state index in [-0.39, 0.29) is 0 Å². The fourth-order valence-electron chi connectivity index (χ4n) is 4.06. The minimum Gasteiger partial charge on any atom is -0.0654 e. The monoisotopic (exact) mass is 268 g/mol. The topological polar surface area (TPSA) is 0 Å². The molecule has 0 radical (unpaired) electrons. The SMILES string of the molecule is CCCCCC(C)(CCC)CC(C)(CC)CC(C)C. The molecule has 0 spiro atoms. The summed E-state index contributed by atoms with van der Waals surface area (Å²) >= 11 is 0. The lowest BCUT2D eigenvalue weighted by molar-refractivity contribution is 0.108. The number of rotatable bonds is 11. The molecule has 0 aromatic carbocycles. The van der Waals surface area contributed by atoms with Crippen LogP contribution in [0.15, 0.2) is 0 Å². The van der Waals surface area contributed by atoms with Gasteiger partial charge in [-0.25, -0.2) is 0 Å². The molecule has 0 rings (SSSR count). The van der Waals surface area contributed by atoms with Gasteiger partial charge < -0.3 is 0 Å². The van der Waals surface area contributed by atoms with E-state index in [0.717, 1.165) is 5.92 Å². The maximum atomic E-state index is 2.56. The van der Waals surface area contributed by atoms with Crippen molar-refractivity contribution in [1.29, 1.82) is 0 Å². The first kappa shape index (κ1) is 19.0. The molecule has 0 bridgehead atoms. The second-order valence-corrected chi connectivity index (χ2v) is 7.96. The second-order valence-electron chi connectivity index (χ2n) is 7.96. The van der Waals surface area contributed by atoms with Crippen LogP contribution in [0.5, 0.6) is 0 Å². The Bertz CT molecular complexity index is 218. The van der Waals surface area contributed by atoms with Crippen LogP contribution in [0, 0.1) is 16.7 Å². The minimum atomic E-state index is 0.546. The quantitative estimate of drug-likeness (QED) is 0.347. The zero-order chi connectivity index (χ0) is 14.9. The Kier molecular flexibility index (Phi) is 9.03. The molecule has 0 aliphatic rings. The van der Waals surface area contributed by atoms with E-state index < -0.39 is 0 Å². The molecule has 0 saturated heterocycles. The smallest absolute Gasteiger partial charge is 0.0321 e. The summed E-state index contributed by atoms with van der Waals surface area (Å²) in [5, 5.41) is 0. The van der Waals surface area contributed by atoms with E-state index in [1.165, 1.54) is 57.8 Å². The summed E-state index contributed by atoms with van der Waals surface area (Å²) in [6, 6.07) is 0. The highest BCUT2D eigenvalue weighted by Crippen LogP contribution is 2.45. The van der Waals surface area contributed by atoms with Crippen molar-refractivity contribution >= 4 is 0 Å². The van der Waals surface area contributed by atoms with Gasteiger partial charge in [0.1, 0.15) is 0 Å². The standard InChI is InChI=1S/C19H40/c1-8-11-12-14-19(7,13-9-2)16-18(6,10-3)15-17(4)5/h17H,8-16H2,1-7H3. The van der Waals surface area contributed by atoms with Crippen molar-refractivity contribution < 1.29 is 0 Å². The molecule has 0 aromatic heterocycles. The second kappa shape index (κ2) is 9.03. The van der Waals surface area contributed by atoms with E-state index in [9.17, 15) is 0 Å². The first-order valence-electron chi connectivity index (χ1n) is 8.81. The minimum absolute atomic E-state index is 0.546. The van der Waals surface area contributed by atoms with Crippen molar-refractivity contribution in [3.8, 4) is 0 Å². The van der Waals surface area contributed by atoms with Gasteiger partial charge in [0.05, 0.1) is 0 Å². The first-order chi connectivity index (χ1) is 8.81. The van der Waals surface area contributed by atoms with E-state index >= 15 is 0 Å². The Labute approximate surface area is 123 Å². The van der Waals surface area contributed by atoms with Crippen molar-refractivity contribution in [1.82, 2.24) is 0 Å². The van der Waals surface area contributed by atoms with Crippen LogP contribution in [-0.4, -0.2) is 0 Å². The van der Waals surface area contributed by atoms with Crippen molar-refractivity contribution in [2.24, 2.45) is 16.7 Å². The van der Waals surface area contributed by atoms with Gasteiger partial charge >= 0.3 is 0 Å². The molecule has 0 fully saturated rings. The van der Waals surface area contributed by atoms with Crippen LogP contribution in [0.2, 0.25) is 0 Å². The number of unbranched alkanes of at least 4 members (excludes halogenated alkanes) is 2. The molecule has 0 aromatic rings. The van der Waals surface area contributed by atoms with Crippen molar-refractivity contribution in [3.05, 3.63) is 0 Å². The Morgan fingerprint density at radius 1 is 0.789 bits per heavy atom. The Morgan fingerprint density at radius 2 is 1.42 bits per heavy atom. The molecule has 2 atom stereocenters. The Hall–Kier alpha value is 0. The Morgan fingerprint density at radius 3 is 1.84 bits per heavy atom. The van der Waals surface area contributed by atoms with Gasteiger partial charge in [-0.3, -0.25) is 0 Å². The van der Waals surface area contributed by atoms with Gasteiger partial charge in [-0.2, -0.15) is 0 Å². The number of hydrogen-bond donors (Lipinski definition) is 0. The summed E-state index contributed by atoms with van der Waals surface area (Å²) < 4.78 is 0. The fraction of sp³-hybridized carbons (Fsp3) is 1.00. The predicted octanol–water partition coefficient (Wildman–Crippen LogP) is 7.23. The van der Waals surface area contributed by atoms with Crippen LogP contribution in [0.1, 0.15) is 106 Å². The molecule has 116 valence electrons. The fourth-order valence-corrected chi connectivity index (χ4v) is 4.06. The van der Waals surface area contributed by atoms with Crippen molar-refractivity contribution in [2.45, 2.75) is 106 Å². The maximum Gasteiger partial charge on any atom is -0.0321 e. The third kappa shape index (κ3) is 8.00. The van der Waals surface area contributed by atoms with Gasteiger partial charge in [-0.15, -0.1) is 0 Å². The largest absolute Gasteiger partial charge is 0.0654 e. The van der Waals surface area contributed by atoms with Gasteiger partial charge in [-0.1, -0.05) is 80.6 Å². The summed E-state index contributed by atoms with van der Waals surface area (Å²) in [6.07, 6.45) is 12.5. The average Bonchev–Trinajstić information content (AvgIpc) is 2.28. The van der Waals surface area contributed by atoms with E-state index in [2.05, 4.69) is 48.5 Å². The van der Waals surface area contributed by atoms with Crippen LogP contribution >= 0.6 is 0 Å². The van der Waals surface area contributed by atoms with E-state index in [1.807, 2.05) is 0 Å². The number of hydrogen-bond acceptors (Lipinski definition) is 0. The lowest BCUT2D eigenvalue weighted by Crippen LogP contribution is -2.29. The van der Waals surface area contributed by atoms with Crippen LogP contribution in [0.3, 0.4) is 0 Å². The lowest BCUT2D eigenvalue weighted by Gasteiger charge is -2.40. The average molecular weight is 269 g/mol. The van der Waals surface area contributed by atoms with Gasteiger partial charge in [0.15, 0.2) is 0 Å². The highest BCUT2D eigenvalue weighted by molar-refractivity contribution is 4.85. The molecule has 2 unspecified atom stereocenters. The summed E-state index contributed by atoms with van der Waals surface area (Å²) in [5.41, 5.74) is 1.12. The molecule has 19 heavy (non-hydrogen) atoms. The van der Waals surface area contributed by atoms with Gasteiger partial charge in [0, 0.05) is 0 Å². The molecule has 0 amide bonds. The molecule has 0 nitrogen and oxygen atoms in total. The van der Waals surface area contributed by atoms with Crippen LogP contribution in [0.4, 0.5) is 0 Å². The molecule has 0 heterocycles. The first-order valence-corrected chi connectivity index (χ1v) is 8.81. The van der Waals surface area contributed by atoms with E-state index in [4.69, 9.17) is 0 Å². The molecule has 0 aliphatic carbocycles. The normalized spacial score (nSPS) is 18.3. The van der Waals surface area contributed by atoms with Crippen molar-refractivity contribution in [3.63, 3.8) is 0 Å². The van der Waals surface area contributed by atoms with E-state index in [1.54, 1.807) is 0 Å². The predicted molar refractivity (Wildman–Crippen MR) is 89.6 cm³/mol. The summed E-state index contributed by atoms with van der Waals surface area (Å²) in [5.74, 6) is 0.825. The molecule has 0 aliphatic heterocycles. The zero-order valence-electron chi connectivity index (χ0n) is 14.9. The lowest BCUT2D eigenvalue weighted by atomic mass is 9.65. The zero-order valence-corrected chi connectivity index (χ0v) is 14.9. The highest BCUT2D eigenvalue weighted by atomic mass is 14.4. The van der Waals surface area contributed by atoms with Crippen LogP contribution < -0.4 is 0 Å². The third-order valence-corrected chi connectivity index (χ3v) is 4.85. The molecule has 0 saturated carbocycles. The van der Waals surface area contributed by atoms with E-state index in [0.29, 0.717) is 10.8 Å². The molecule has 0 heteroatoms. The van der Waals surface area contributed by atoms with Crippen LogP contribution in [0.25, 0.3) is 0 Å². The third-order valence-electron chi connectivity index (χ3n) is 4.85. The molecule has 0 N–H and O–H groups in total. The van der Waals surface area contributed by atoms with Crippen molar-refractivity contribution in [2.75, 3.05) is 0 Å². The molecular formula is C19H40. The maximum absolute atomic E-state index is 2.56. The summed E-state index contributed by atoms with van der Waals surface area (Å²) in [7, 11) is 0. The van der Waals surface area contributed by atoms with Crippen LogP contribution in [-0.2, 0) is 0 Å². The van der Waals surface area contributed by atoms with Gasteiger partial charge in [0.25, 0.3) is 0 Å². The summed E-state index contributed by atoms with van der Waals surface area (Å²) in [6.45, 7) is 16.9.